The molecule has 2 aromatic carbocycles. The summed E-state index contributed by atoms with van der Waals surface area (Å²) in [5, 5.41) is 9.77. The lowest BCUT2D eigenvalue weighted by molar-refractivity contribution is -0.113. The molecule has 0 fully saturated rings. The first-order valence-electron chi connectivity index (χ1n) is 7.86. The van der Waals surface area contributed by atoms with Crippen molar-refractivity contribution in [3.05, 3.63) is 75.4 Å². The number of allylic oxidation sites excluding steroid dienone is 1. The summed E-state index contributed by atoms with van der Waals surface area (Å²) in [6, 6.07) is 15.3. The zero-order chi connectivity index (χ0) is 18.0. The molecule has 4 nitrogen and oxygen atoms in total. The fraction of sp³-hybridized carbons (Fsp3) is 0.158. The zero-order valence-corrected chi connectivity index (χ0v) is 16.3. The highest BCUT2D eigenvalue weighted by molar-refractivity contribution is 9.10. The molecule has 1 heterocycles. The summed E-state index contributed by atoms with van der Waals surface area (Å²) < 4.78 is 0.951. The molecule has 0 aromatic heterocycles. The average Bonchev–Trinajstić information content (AvgIpc) is 2.56. The number of benzene rings is 2. The van der Waals surface area contributed by atoms with Crippen molar-refractivity contribution in [3.63, 3.8) is 0 Å². The van der Waals surface area contributed by atoms with Gasteiger partial charge in [-0.3, -0.25) is 4.79 Å². The van der Waals surface area contributed by atoms with E-state index in [2.05, 4.69) is 31.9 Å². The monoisotopic (exact) mass is 415 g/mol. The third kappa shape index (κ3) is 3.91. The molecule has 0 bridgehead atoms. The molecule has 0 saturated heterocycles. The minimum Gasteiger partial charge on any atom is -0.351 e. The number of anilines is 1. The Morgan fingerprint density at radius 1 is 1.16 bits per heavy atom. The number of thiocarbonyl (C=S) groups is 1. The lowest BCUT2D eigenvalue weighted by Crippen LogP contribution is -2.45. The van der Waals surface area contributed by atoms with E-state index in [-0.39, 0.29) is 11.9 Å². The average molecular weight is 416 g/mol. The van der Waals surface area contributed by atoms with Crippen molar-refractivity contribution in [2.45, 2.75) is 19.9 Å². The Labute approximate surface area is 160 Å². The van der Waals surface area contributed by atoms with Crippen LogP contribution in [0, 0.1) is 6.92 Å². The summed E-state index contributed by atoms with van der Waals surface area (Å²) in [4.78, 5) is 13.0. The summed E-state index contributed by atoms with van der Waals surface area (Å²) in [6.45, 7) is 3.83. The Balaban J connectivity index is 1.97. The van der Waals surface area contributed by atoms with Gasteiger partial charge in [-0.1, -0.05) is 46.3 Å². The molecule has 6 heteroatoms. The number of aryl methyl sites for hydroxylation is 1. The smallest absolute Gasteiger partial charge is 0.255 e. The summed E-state index contributed by atoms with van der Waals surface area (Å²) >= 11 is 8.77. The van der Waals surface area contributed by atoms with Gasteiger partial charge in [0.05, 0.1) is 11.6 Å². The number of rotatable bonds is 3. The van der Waals surface area contributed by atoms with Crippen LogP contribution < -0.4 is 16.0 Å². The second-order valence-electron chi connectivity index (χ2n) is 5.89. The number of halogens is 1. The van der Waals surface area contributed by atoms with E-state index in [9.17, 15) is 4.79 Å². The first-order valence-corrected chi connectivity index (χ1v) is 9.06. The molecule has 0 aliphatic carbocycles. The Hall–Kier alpha value is -2.18. The zero-order valence-electron chi connectivity index (χ0n) is 13.9. The molecule has 1 atom stereocenters. The normalized spacial score (nSPS) is 16.9. The van der Waals surface area contributed by atoms with Crippen LogP contribution >= 0.6 is 28.1 Å². The summed E-state index contributed by atoms with van der Waals surface area (Å²) in [7, 11) is 0. The molecular formula is C19H18BrN3OS. The van der Waals surface area contributed by atoms with Crippen molar-refractivity contribution >= 4 is 44.9 Å². The number of hydrogen-bond acceptors (Lipinski definition) is 2. The predicted octanol–water partition coefficient (Wildman–Crippen LogP) is 4.19. The second kappa shape index (κ2) is 7.37. The Kier molecular flexibility index (Phi) is 5.20. The van der Waals surface area contributed by atoms with E-state index >= 15 is 0 Å². The van der Waals surface area contributed by atoms with E-state index in [1.807, 2.05) is 62.4 Å². The number of nitrogens with one attached hydrogen (secondary N) is 3. The van der Waals surface area contributed by atoms with Crippen LogP contribution in [-0.2, 0) is 4.79 Å². The topological polar surface area (TPSA) is 53.2 Å². The molecule has 2 aromatic rings. The van der Waals surface area contributed by atoms with Gasteiger partial charge in [0, 0.05) is 15.9 Å². The fourth-order valence-corrected chi connectivity index (χ4v) is 3.52. The first-order chi connectivity index (χ1) is 12.0. The largest absolute Gasteiger partial charge is 0.351 e. The van der Waals surface area contributed by atoms with Gasteiger partial charge in [-0.25, -0.2) is 0 Å². The first kappa shape index (κ1) is 17.6. The van der Waals surface area contributed by atoms with Gasteiger partial charge in [-0.05, 0) is 55.4 Å². The molecule has 0 radical (unpaired) electrons. The van der Waals surface area contributed by atoms with Crippen molar-refractivity contribution in [1.29, 1.82) is 0 Å². The lowest BCUT2D eigenvalue weighted by Gasteiger charge is -2.30. The Bertz CT molecular complexity index is 878. The van der Waals surface area contributed by atoms with Crippen LogP contribution in [0.1, 0.15) is 24.1 Å². The van der Waals surface area contributed by atoms with Crippen LogP contribution in [0.2, 0.25) is 0 Å². The molecule has 3 rings (SSSR count). The van der Waals surface area contributed by atoms with Crippen LogP contribution in [0.15, 0.2) is 64.3 Å². The van der Waals surface area contributed by atoms with Gasteiger partial charge in [-0.15, -0.1) is 0 Å². The fourth-order valence-electron chi connectivity index (χ4n) is 2.83. The van der Waals surface area contributed by atoms with Crippen LogP contribution in [0.25, 0.3) is 0 Å². The van der Waals surface area contributed by atoms with Gasteiger partial charge in [-0.2, -0.15) is 0 Å². The maximum atomic E-state index is 13.0. The quantitative estimate of drug-likeness (QED) is 0.657. The van der Waals surface area contributed by atoms with Crippen molar-refractivity contribution in [2.24, 2.45) is 0 Å². The minimum absolute atomic E-state index is 0.153. The van der Waals surface area contributed by atoms with Crippen molar-refractivity contribution in [2.75, 3.05) is 5.32 Å². The molecule has 1 unspecified atom stereocenters. The van der Waals surface area contributed by atoms with Gasteiger partial charge in [0.2, 0.25) is 0 Å². The summed E-state index contributed by atoms with van der Waals surface area (Å²) in [5.41, 5.74) is 4.15. The second-order valence-corrected chi connectivity index (χ2v) is 7.22. The molecule has 25 heavy (non-hydrogen) atoms. The summed E-state index contributed by atoms with van der Waals surface area (Å²) in [6.07, 6.45) is 0. The molecular weight excluding hydrogens is 398 g/mol. The van der Waals surface area contributed by atoms with Crippen LogP contribution in [-0.4, -0.2) is 11.0 Å². The van der Waals surface area contributed by atoms with Gasteiger partial charge in [0.1, 0.15) is 0 Å². The van der Waals surface area contributed by atoms with Crippen molar-refractivity contribution < 1.29 is 4.79 Å². The summed E-state index contributed by atoms with van der Waals surface area (Å²) in [5.74, 6) is -0.153. The standard InChI is InChI=1S/C19H18BrN3OS/c1-11-6-3-4-9-15(11)22-18(24)16-12(2)21-19(25)23-17(16)13-7-5-8-14(20)10-13/h3-10,17H,1-2H3,(H,22,24)(H2,21,23,25). The maximum absolute atomic E-state index is 13.0. The van der Waals surface area contributed by atoms with Crippen LogP contribution in [0.3, 0.4) is 0 Å². The van der Waals surface area contributed by atoms with Gasteiger partial charge in [0.15, 0.2) is 5.11 Å². The Morgan fingerprint density at radius 3 is 2.64 bits per heavy atom. The minimum atomic E-state index is -0.310. The van der Waals surface area contributed by atoms with Crippen LogP contribution in [0.5, 0.6) is 0 Å². The van der Waals surface area contributed by atoms with Gasteiger partial charge >= 0.3 is 0 Å². The van der Waals surface area contributed by atoms with E-state index in [1.165, 1.54) is 0 Å². The highest BCUT2D eigenvalue weighted by Gasteiger charge is 2.30. The number of hydrogen-bond donors (Lipinski definition) is 3. The highest BCUT2D eigenvalue weighted by Crippen LogP contribution is 2.29. The molecule has 1 amide bonds. The maximum Gasteiger partial charge on any atom is 0.255 e. The van der Waals surface area contributed by atoms with Gasteiger partial charge < -0.3 is 16.0 Å². The van der Waals surface area contributed by atoms with E-state index < -0.39 is 0 Å². The molecule has 1 aliphatic heterocycles. The number of amides is 1. The molecule has 3 N–H and O–H groups in total. The third-order valence-corrected chi connectivity index (χ3v) is 4.80. The predicted molar refractivity (Wildman–Crippen MR) is 108 cm³/mol. The third-order valence-electron chi connectivity index (χ3n) is 4.09. The molecule has 128 valence electrons. The molecule has 0 spiro atoms. The SMILES string of the molecule is CC1=C(C(=O)Nc2ccccc2C)C(c2cccc(Br)c2)NC(=S)N1. The van der Waals surface area contributed by atoms with E-state index in [4.69, 9.17) is 12.2 Å². The Morgan fingerprint density at radius 2 is 1.92 bits per heavy atom. The van der Waals surface area contributed by atoms with E-state index in [1.54, 1.807) is 0 Å². The van der Waals surface area contributed by atoms with Crippen molar-refractivity contribution in [1.82, 2.24) is 10.6 Å². The number of para-hydroxylation sites is 1. The highest BCUT2D eigenvalue weighted by atomic mass is 79.9. The van der Waals surface area contributed by atoms with Crippen LogP contribution in [0.4, 0.5) is 5.69 Å². The number of carbonyl (C=O) groups excluding carboxylic acids is 1. The van der Waals surface area contributed by atoms with Crippen molar-refractivity contribution in [3.8, 4) is 0 Å². The molecule has 1 aliphatic rings. The van der Waals surface area contributed by atoms with E-state index in [0.717, 1.165) is 27.0 Å². The number of carbonyl (C=O) groups is 1. The molecule has 0 saturated carbocycles. The lowest BCUT2D eigenvalue weighted by atomic mass is 9.95. The van der Waals surface area contributed by atoms with E-state index in [0.29, 0.717) is 10.7 Å². The van der Waals surface area contributed by atoms with Gasteiger partial charge in [0.25, 0.3) is 5.91 Å².